The van der Waals surface area contributed by atoms with Gasteiger partial charge in [0, 0.05) is 26.2 Å². The van der Waals surface area contributed by atoms with Crippen molar-refractivity contribution in [2.75, 3.05) is 39.3 Å². The van der Waals surface area contributed by atoms with Crippen molar-refractivity contribution in [3.63, 3.8) is 0 Å². The van der Waals surface area contributed by atoms with Crippen LogP contribution in [0.25, 0.3) is 0 Å². The number of hydrogen-bond donors (Lipinski definition) is 6. The van der Waals surface area contributed by atoms with Gasteiger partial charge in [-0.05, 0) is 25.9 Å². The molecule has 0 saturated carbocycles. The van der Waals surface area contributed by atoms with Crippen LogP contribution < -0.4 is 22.1 Å². The Morgan fingerprint density at radius 3 is 1.35 bits per heavy atom. The van der Waals surface area contributed by atoms with E-state index in [1.54, 1.807) is 0 Å². The molecule has 0 aliphatic heterocycles. The predicted octanol–water partition coefficient (Wildman–Crippen LogP) is -0.855. The summed E-state index contributed by atoms with van der Waals surface area (Å²) in [6, 6.07) is 0. The number of nitrogens with two attached hydrogens (primary N) is 2. The Balaban J connectivity index is 3.03. The summed E-state index contributed by atoms with van der Waals surface area (Å²) in [5.74, 6) is 0. The maximum absolute atomic E-state index is 9.24. The highest BCUT2D eigenvalue weighted by atomic mass is 16.3. The molecule has 0 aromatic carbocycles. The molecular formula is C14H34N4O2. The summed E-state index contributed by atoms with van der Waals surface area (Å²) in [6.07, 6.45) is 6.44. The fourth-order valence-corrected chi connectivity index (χ4v) is 1.91. The monoisotopic (exact) mass is 290 g/mol. The molecule has 0 bridgehead atoms. The molecule has 20 heavy (non-hydrogen) atoms. The second kappa shape index (κ2) is 15.2. The first-order chi connectivity index (χ1) is 9.70. The van der Waals surface area contributed by atoms with Crippen LogP contribution in [-0.4, -0.2) is 61.7 Å². The molecule has 0 aromatic rings. The van der Waals surface area contributed by atoms with Crippen molar-refractivity contribution in [1.29, 1.82) is 0 Å². The van der Waals surface area contributed by atoms with Crippen LogP contribution in [0.2, 0.25) is 0 Å². The molecule has 0 fully saturated rings. The van der Waals surface area contributed by atoms with Gasteiger partial charge in [-0.1, -0.05) is 25.7 Å². The summed E-state index contributed by atoms with van der Waals surface area (Å²) < 4.78 is 0. The molecule has 0 aliphatic rings. The lowest BCUT2D eigenvalue weighted by atomic mass is 10.1. The van der Waals surface area contributed by atoms with Gasteiger partial charge in [-0.25, -0.2) is 0 Å². The summed E-state index contributed by atoms with van der Waals surface area (Å²) >= 11 is 0. The molecule has 8 N–H and O–H groups in total. The van der Waals surface area contributed by atoms with Gasteiger partial charge in [-0.2, -0.15) is 0 Å². The second-order valence-electron chi connectivity index (χ2n) is 5.31. The second-order valence-corrected chi connectivity index (χ2v) is 5.31. The summed E-state index contributed by atoms with van der Waals surface area (Å²) in [7, 11) is 0. The first-order valence-electron chi connectivity index (χ1n) is 7.88. The predicted molar refractivity (Wildman–Crippen MR) is 83.6 cm³/mol. The van der Waals surface area contributed by atoms with Crippen LogP contribution in [0.15, 0.2) is 0 Å². The molecule has 0 saturated heterocycles. The molecule has 0 aliphatic carbocycles. The van der Waals surface area contributed by atoms with Crippen molar-refractivity contribution in [2.24, 2.45) is 11.5 Å². The first kappa shape index (κ1) is 19.8. The van der Waals surface area contributed by atoms with Crippen molar-refractivity contribution < 1.29 is 10.2 Å². The van der Waals surface area contributed by atoms with Gasteiger partial charge < -0.3 is 32.3 Å². The Morgan fingerprint density at radius 2 is 1.00 bits per heavy atom. The van der Waals surface area contributed by atoms with E-state index in [-0.39, 0.29) is 0 Å². The third kappa shape index (κ3) is 14.2. The summed E-state index contributed by atoms with van der Waals surface area (Å²) in [5, 5.41) is 24.9. The van der Waals surface area contributed by atoms with Crippen molar-refractivity contribution in [3.8, 4) is 0 Å². The smallest absolute Gasteiger partial charge is 0.0786 e. The number of rotatable bonds is 15. The average molecular weight is 290 g/mol. The van der Waals surface area contributed by atoms with Crippen LogP contribution in [0, 0.1) is 0 Å². The van der Waals surface area contributed by atoms with Crippen LogP contribution >= 0.6 is 0 Å². The molecule has 0 amide bonds. The minimum atomic E-state index is -0.416. The Labute approximate surface area is 123 Å². The van der Waals surface area contributed by atoms with E-state index in [0.717, 1.165) is 25.9 Å². The van der Waals surface area contributed by atoms with E-state index in [1.165, 1.54) is 25.7 Å². The number of hydrogen-bond acceptors (Lipinski definition) is 6. The molecule has 0 heterocycles. The molecule has 2 atom stereocenters. The molecule has 6 nitrogen and oxygen atoms in total. The van der Waals surface area contributed by atoms with Crippen molar-refractivity contribution >= 4 is 0 Å². The van der Waals surface area contributed by atoms with E-state index >= 15 is 0 Å². The normalized spacial score (nSPS) is 14.4. The first-order valence-corrected chi connectivity index (χ1v) is 7.88. The third-order valence-corrected chi connectivity index (χ3v) is 3.26. The minimum absolute atomic E-state index is 0.323. The van der Waals surface area contributed by atoms with Gasteiger partial charge >= 0.3 is 0 Å². The van der Waals surface area contributed by atoms with E-state index in [9.17, 15) is 10.2 Å². The van der Waals surface area contributed by atoms with E-state index in [1.807, 2.05) is 0 Å². The largest absolute Gasteiger partial charge is 0.390 e. The van der Waals surface area contributed by atoms with Crippen molar-refractivity contribution in [1.82, 2.24) is 10.6 Å². The number of unbranched alkanes of at least 4 members (excludes halogenated alkanes) is 5. The Hall–Kier alpha value is -0.240. The maximum atomic E-state index is 9.24. The van der Waals surface area contributed by atoms with E-state index < -0.39 is 12.2 Å². The van der Waals surface area contributed by atoms with Gasteiger partial charge in [0.1, 0.15) is 0 Å². The molecule has 122 valence electrons. The van der Waals surface area contributed by atoms with E-state index in [0.29, 0.717) is 26.2 Å². The maximum Gasteiger partial charge on any atom is 0.0786 e. The van der Waals surface area contributed by atoms with Crippen molar-refractivity contribution in [2.45, 2.75) is 50.7 Å². The molecule has 0 radical (unpaired) electrons. The SMILES string of the molecule is NC[C@@H](O)CNCCCCCCCCNC[C@H](O)CN. The average Bonchev–Trinajstić information content (AvgIpc) is 2.47. The van der Waals surface area contributed by atoms with Gasteiger partial charge in [-0.15, -0.1) is 0 Å². The summed E-state index contributed by atoms with van der Waals surface area (Å²) in [5.41, 5.74) is 10.6. The molecule has 0 unspecified atom stereocenters. The standard InChI is InChI=1S/C14H34N4O2/c15-9-13(19)11-17-7-5-3-1-2-4-6-8-18-12-14(20)10-16/h13-14,17-20H,1-12,15-16H2/t13-,14-/m1/s1. The lowest BCUT2D eigenvalue weighted by Gasteiger charge is -2.09. The zero-order valence-corrected chi connectivity index (χ0v) is 12.7. The Kier molecular flexibility index (Phi) is 15.0. The quantitative estimate of drug-likeness (QED) is 0.219. The van der Waals surface area contributed by atoms with Gasteiger partial charge in [0.25, 0.3) is 0 Å². The molecular weight excluding hydrogens is 256 g/mol. The van der Waals surface area contributed by atoms with Crippen LogP contribution in [0.5, 0.6) is 0 Å². The topological polar surface area (TPSA) is 117 Å². The van der Waals surface area contributed by atoms with Crippen LogP contribution in [0.1, 0.15) is 38.5 Å². The van der Waals surface area contributed by atoms with Gasteiger partial charge in [0.05, 0.1) is 12.2 Å². The minimum Gasteiger partial charge on any atom is -0.390 e. The molecule has 0 aromatic heterocycles. The van der Waals surface area contributed by atoms with Crippen LogP contribution in [0.4, 0.5) is 0 Å². The molecule has 6 heteroatoms. The highest BCUT2D eigenvalue weighted by Crippen LogP contribution is 2.04. The van der Waals surface area contributed by atoms with Crippen LogP contribution in [-0.2, 0) is 0 Å². The number of nitrogens with one attached hydrogen (secondary N) is 2. The fraction of sp³-hybridized carbons (Fsp3) is 1.00. The van der Waals surface area contributed by atoms with E-state index in [2.05, 4.69) is 10.6 Å². The highest BCUT2D eigenvalue weighted by Gasteiger charge is 1.99. The van der Waals surface area contributed by atoms with Gasteiger partial charge in [0.15, 0.2) is 0 Å². The third-order valence-electron chi connectivity index (χ3n) is 3.26. The highest BCUT2D eigenvalue weighted by molar-refractivity contribution is 4.60. The fourth-order valence-electron chi connectivity index (χ4n) is 1.91. The summed E-state index contributed by atoms with van der Waals surface area (Å²) in [4.78, 5) is 0. The zero-order valence-electron chi connectivity index (χ0n) is 12.7. The molecule has 0 rings (SSSR count). The summed E-state index contributed by atoms with van der Waals surface area (Å²) in [6.45, 7) is 3.74. The number of aliphatic hydroxyl groups is 2. The van der Waals surface area contributed by atoms with Crippen molar-refractivity contribution in [3.05, 3.63) is 0 Å². The lowest BCUT2D eigenvalue weighted by Crippen LogP contribution is -2.33. The Bertz CT molecular complexity index is 176. The molecule has 0 spiro atoms. The lowest BCUT2D eigenvalue weighted by molar-refractivity contribution is 0.179. The zero-order chi connectivity index (χ0) is 15.1. The van der Waals surface area contributed by atoms with E-state index in [4.69, 9.17) is 11.5 Å². The van der Waals surface area contributed by atoms with Gasteiger partial charge in [0.2, 0.25) is 0 Å². The van der Waals surface area contributed by atoms with Gasteiger partial charge in [-0.3, -0.25) is 0 Å². The Morgan fingerprint density at radius 1 is 0.650 bits per heavy atom. The number of aliphatic hydroxyl groups excluding tert-OH is 2. The van der Waals surface area contributed by atoms with Crippen LogP contribution in [0.3, 0.4) is 0 Å².